The highest BCUT2D eigenvalue weighted by Gasteiger charge is 2.51. The molecule has 2 aliphatic rings. The summed E-state index contributed by atoms with van der Waals surface area (Å²) in [6, 6.07) is 32.3. The lowest BCUT2D eigenvalue weighted by Gasteiger charge is -2.47. The van der Waals surface area contributed by atoms with Crippen molar-refractivity contribution >= 4 is 16.7 Å². The Kier molecular flexibility index (Phi) is 7.18. The second-order valence-corrected chi connectivity index (χ2v) is 9.44. The Morgan fingerprint density at radius 2 is 1.55 bits per heavy atom. The first kappa shape index (κ1) is 24.7. The van der Waals surface area contributed by atoms with Crippen molar-refractivity contribution in [1.29, 1.82) is 0 Å². The fourth-order valence-electron chi connectivity index (χ4n) is 4.90. The molecule has 0 saturated carbocycles. The van der Waals surface area contributed by atoms with Gasteiger partial charge in [0.05, 0.1) is 18.8 Å². The van der Waals surface area contributed by atoms with Gasteiger partial charge in [-0.25, -0.2) is 4.79 Å². The summed E-state index contributed by atoms with van der Waals surface area (Å²) in [5, 5.41) is 13.6. The summed E-state index contributed by atoms with van der Waals surface area (Å²) in [6.07, 6.45) is -5.23. The zero-order valence-corrected chi connectivity index (χ0v) is 20.6. The van der Waals surface area contributed by atoms with Gasteiger partial charge in [-0.2, -0.15) is 0 Å². The summed E-state index contributed by atoms with van der Waals surface area (Å²) < 4.78 is 30.1. The number of carbonyl (C=O) groups excluding carboxylic acids is 1. The predicted molar refractivity (Wildman–Crippen MR) is 139 cm³/mol. The third-order valence-corrected chi connectivity index (χ3v) is 6.87. The van der Waals surface area contributed by atoms with Crippen LogP contribution in [0.25, 0.3) is 10.8 Å². The van der Waals surface area contributed by atoms with E-state index in [1.54, 1.807) is 24.3 Å². The zero-order chi connectivity index (χ0) is 25.9. The number of benzene rings is 4. The Bertz CT molecular complexity index is 1380. The van der Waals surface area contributed by atoms with Crippen molar-refractivity contribution in [2.75, 3.05) is 6.61 Å². The number of hydrogen-bond acceptors (Lipinski definition) is 7. The van der Waals surface area contributed by atoms with Gasteiger partial charge >= 0.3 is 5.97 Å². The molecule has 2 aliphatic heterocycles. The lowest BCUT2D eigenvalue weighted by Crippen LogP contribution is -2.63. The van der Waals surface area contributed by atoms with Crippen molar-refractivity contribution in [1.82, 2.24) is 0 Å². The molecule has 6 atom stereocenters. The molecule has 2 fully saturated rings. The minimum absolute atomic E-state index is 0.187. The molecule has 38 heavy (non-hydrogen) atoms. The Balaban J connectivity index is 1.23. The highest BCUT2D eigenvalue weighted by molar-refractivity contribution is 5.89. The molecule has 0 bridgehead atoms. The third kappa shape index (κ3) is 5.20. The molecular formula is C31H28O7. The molecule has 194 valence electrons. The number of aliphatic hydroxyl groups is 1. The zero-order valence-electron chi connectivity index (χ0n) is 20.6. The van der Waals surface area contributed by atoms with Gasteiger partial charge < -0.3 is 28.8 Å². The molecule has 2 saturated heterocycles. The summed E-state index contributed by atoms with van der Waals surface area (Å²) in [5.41, 5.74) is 2.16. The van der Waals surface area contributed by atoms with Crippen LogP contribution in [0.4, 0.5) is 0 Å². The fourth-order valence-corrected chi connectivity index (χ4v) is 4.90. The van der Waals surface area contributed by atoms with Gasteiger partial charge in [0.25, 0.3) is 0 Å². The van der Waals surface area contributed by atoms with Gasteiger partial charge in [0.2, 0.25) is 6.29 Å². The molecule has 4 aromatic rings. The highest BCUT2D eigenvalue weighted by Crippen LogP contribution is 2.36. The molecule has 7 heteroatoms. The molecule has 4 aromatic carbocycles. The normalized spacial score (nSPS) is 27.0. The van der Waals surface area contributed by atoms with E-state index in [1.807, 2.05) is 66.7 Å². The summed E-state index contributed by atoms with van der Waals surface area (Å²) in [6.45, 7) is 0.418. The van der Waals surface area contributed by atoms with E-state index in [9.17, 15) is 9.90 Å². The standard InChI is InChI=1S/C31H28O7/c32-26-28(34-18-20-15-16-21-9-7-8-14-24(21)17-20)27-25(19-35-30(37-27)23-12-5-2-6-13-23)36-31(26)38-29(33)22-10-3-1-4-11-22/h1-17,25-28,30-32H,18-19H2/t25-,26-,27-,28-,30?,31-/m1/s1. The van der Waals surface area contributed by atoms with Crippen molar-refractivity contribution in [3.8, 4) is 0 Å². The van der Waals surface area contributed by atoms with Crippen LogP contribution in [0.1, 0.15) is 27.8 Å². The van der Waals surface area contributed by atoms with Gasteiger partial charge in [0, 0.05) is 5.56 Å². The molecule has 7 nitrogen and oxygen atoms in total. The van der Waals surface area contributed by atoms with Crippen LogP contribution in [0, 0.1) is 0 Å². The van der Waals surface area contributed by atoms with Crippen molar-refractivity contribution in [3.05, 3.63) is 120 Å². The van der Waals surface area contributed by atoms with Crippen LogP contribution in [0.5, 0.6) is 0 Å². The topological polar surface area (TPSA) is 83.5 Å². The average molecular weight is 513 g/mol. The number of esters is 1. The maximum atomic E-state index is 12.7. The molecule has 0 spiro atoms. The molecule has 2 heterocycles. The largest absolute Gasteiger partial charge is 0.429 e. The molecular weight excluding hydrogens is 484 g/mol. The lowest BCUT2D eigenvalue weighted by molar-refractivity contribution is -0.359. The Hall–Kier alpha value is -3.59. The number of aliphatic hydroxyl groups excluding tert-OH is 1. The van der Waals surface area contributed by atoms with Crippen LogP contribution in [0.15, 0.2) is 103 Å². The fraction of sp³-hybridized carbons (Fsp3) is 0.258. The van der Waals surface area contributed by atoms with Gasteiger partial charge in [-0.1, -0.05) is 84.9 Å². The van der Waals surface area contributed by atoms with E-state index in [4.69, 9.17) is 23.7 Å². The first-order chi connectivity index (χ1) is 18.7. The summed E-state index contributed by atoms with van der Waals surface area (Å²) in [5.74, 6) is -0.596. The number of hydrogen-bond donors (Lipinski definition) is 1. The maximum absolute atomic E-state index is 12.7. The van der Waals surface area contributed by atoms with Crippen molar-refractivity contribution in [3.63, 3.8) is 0 Å². The van der Waals surface area contributed by atoms with E-state index in [2.05, 4.69) is 12.1 Å². The highest BCUT2D eigenvalue weighted by atomic mass is 16.8. The van der Waals surface area contributed by atoms with E-state index in [0.717, 1.165) is 21.9 Å². The van der Waals surface area contributed by atoms with Gasteiger partial charge in [-0.3, -0.25) is 0 Å². The van der Waals surface area contributed by atoms with Crippen molar-refractivity contribution in [2.45, 2.75) is 43.6 Å². The number of fused-ring (bicyclic) bond motifs is 2. The van der Waals surface area contributed by atoms with E-state index in [0.29, 0.717) is 5.56 Å². The molecule has 0 radical (unpaired) electrons. The van der Waals surface area contributed by atoms with Crippen LogP contribution in [-0.2, 0) is 30.3 Å². The first-order valence-corrected chi connectivity index (χ1v) is 12.7. The second kappa shape index (κ2) is 11.0. The minimum Gasteiger partial charge on any atom is -0.429 e. The first-order valence-electron chi connectivity index (χ1n) is 12.7. The molecule has 6 rings (SSSR count). The van der Waals surface area contributed by atoms with E-state index >= 15 is 0 Å². The van der Waals surface area contributed by atoms with Crippen molar-refractivity contribution in [2.24, 2.45) is 0 Å². The molecule has 0 amide bonds. The van der Waals surface area contributed by atoms with E-state index in [1.165, 1.54) is 0 Å². The monoisotopic (exact) mass is 512 g/mol. The van der Waals surface area contributed by atoms with Gasteiger partial charge in [-0.15, -0.1) is 0 Å². The van der Waals surface area contributed by atoms with Crippen molar-refractivity contribution < 1.29 is 33.6 Å². The lowest BCUT2D eigenvalue weighted by atomic mass is 9.97. The van der Waals surface area contributed by atoms with Crippen LogP contribution < -0.4 is 0 Å². The maximum Gasteiger partial charge on any atom is 0.340 e. The van der Waals surface area contributed by atoms with E-state index < -0.39 is 43.0 Å². The van der Waals surface area contributed by atoms with Crippen LogP contribution >= 0.6 is 0 Å². The Morgan fingerprint density at radius 3 is 2.34 bits per heavy atom. The molecule has 0 aromatic heterocycles. The minimum atomic E-state index is -1.28. The molecule has 1 N–H and O–H groups in total. The SMILES string of the molecule is O=C(O[C@H]1O[C@@H]2COC(c3ccccc3)O[C@H]2[C@H](OCc2ccc3ccccc3c2)[C@H]1O)c1ccccc1. The smallest absolute Gasteiger partial charge is 0.340 e. The summed E-state index contributed by atoms with van der Waals surface area (Å²) in [4.78, 5) is 12.7. The quantitative estimate of drug-likeness (QED) is 0.372. The average Bonchev–Trinajstić information content (AvgIpc) is 2.98. The predicted octanol–water partition coefficient (Wildman–Crippen LogP) is 4.78. The van der Waals surface area contributed by atoms with Crippen LogP contribution in [0.3, 0.4) is 0 Å². The summed E-state index contributed by atoms with van der Waals surface area (Å²) >= 11 is 0. The third-order valence-electron chi connectivity index (χ3n) is 6.87. The Labute approximate surface area is 220 Å². The number of ether oxygens (including phenoxy) is 5. The second-order valence-electron chi connectivity index (χ2n) is 9.44. The molecule has 1 unspecified atom stereocenters. The number of rotatable bonds is 6. The van der Waals surface area contributed by atoms with Gasteiger partial charge in [0.1, 0.15) is 24.4 Å². The van der Waals surface area contributed by atoms with E-state index in [-0.39, 0.29) is 13.2 Å². The van der Waals surface area contributed by atoms with Crippen LogP contribution in [-0.4, -0.2) is 48.4 Å². The number of carbonyl (C=O) groups is 1. The van der Waals surface area contributed by atoms with Gasteiger partial charge in [-0.05, 0) is 34.5 Å². The van der Waals surface area contributed by atoms with Crippen LogP contribution in [0.2, 0.25) is 0 Å². The van der Waals surface area contributed by atoms with Gasteiger partial charge in [0.15, 0.2) is 6.29 Å². The Morgan fingerprint density at radius 1 is 0.842 bits per heavy atom. The molecule has 0 aliphatic carbocycles. The summed E-state index contributed by atoms with van der Waals surface area (Å²) in [7, 11) is 0.